The van der Waals surface area contributed by atoms with Gasteiger partial charge >= 0.3 is 0 Å². The normalized spacial score (nSPS) is 13.1. The second kappa shape index (κ2) is 15.0. The fourth-order valence-corrected chi connectivity index (χ4v) is 6.18. The molecule has 7 nitrogen and oxygen atoms in total. The Hall–Kier alpha value is -3.34. The number of halogens is 2. The van der Waals surface area contributed by atoms with Gasteiger partial charge in [-0.3, -0.25) is 9.52 Å². The van der Waals surface area contributed by atoms with Crippen LogP contribution >= 0.6 is 0 Å². The molecule has 0 aromatic heterocycles. The maximum Gasteiger partial charge on any atom is 0.251 e. The fraction of sp³-hybridized carbons (Fsp3) is 0.387. The van der Waals surface area contributed by atoms with Gasteiger partial charge in [0.25, 0.3) is 5.91 Å². The molecule has 222 valence electrons. The van der Waals surface area contributed by atoms with E-state index in [0.717, 1.165) is 30.2 Å². The molecule has 41 heavy (non-hydrogen) atoms. The van der Waals surface area contributed by atoms with Crippen LogP contribution in [0.15, 0.2) is 66.7 Å². The second-order valence-corrected chi connectivity index (χ2v) is 12.1. The summed E-state index contributed by atoms with van der Waals surface area (Å²) in [5.41, 5.74) is 2.91. The number of rotatable bonds is 15. The van der Waals surface area contributed by atoms with Crippen LogP contribution in [0.1, 0.15) is 60.7 Å². The van der Waals surface area contributed by atoms with Crippen molar-refractivity contribution in [1.29, 1.82) is 0 Å². The summed E-state index contributed by atoms with van der Waals surface area (Å²) in [5, 5.41) is 16.4. The van der Waals surface area contributed by atoms with Crippen molar-refractivity contribution in [3.63, 3.8) is 0 Å². The van der Waals surface area contributed by atoms with E-state index in [1.165, 1.54) is 17.7 Å². The standard InChI is InChI=1S/C31H39F2N3O4S/c1-4-21-9-7-10-22(13-21)19-34-20-30(37)29(16-23-14-25(32)18-26(33)15-23)35-31(38)24-11-8-12-27(17-24)36-41(39,40)28(5-2)6-3/h7-15,17-18,28-30,34,36-37H,4-6,16,19-20H2,1-3H3,(H,35,38). The first-order chi connectivity index (χ1) is 19.5. The van der Waals surface area contributed by atoms with Crippen LogP contribution in [0.4, 0.5) is 14.5 Å². The number of hydrogen-bond donors (Lipinski definition) is 4. The summed E-state index contributed by atoms with van der Waals surface area (Å²) in [5.74, 6) is -2.08. The monoisotopic (exact) mass is 587 g/mol. The summed E-state index contributed by atoms with van der Waals surface area (Å²) in [6.45, 7) is 6.25. The fourth-order valence-electron chi connectivity index (χ4n) is 4.68. The molecule has 0 saturated heterocycles. The van der Waals surface area contributed by atoms with Gasteiger partial charge < -0.3 is 15.7 Å². The van der Waals surface area contributed by atoms with E-state index < -0.39 is 45.0 Å². The number of amides is 1. The van der Waals surface area contributed by atoms with Crippen molar-refractivity contribution in [1.82, 2.24) is 10.6 Å². The molecule has 0 aliphatic rings. The molecule has 0 saturated carbocycles. The zero-order valence-electron chi connectivity index (χ0n) is 23.7. The number of anilines is 1. The van der Waals surface area contributed by atoms with Crippen LogP contribution in [0.2, 0.25) is 0 Å². The third-order valence-electron chi connectivity index (χ3n) is 6.98. The molecule has 0 radical (unpaired) electrons. The highest BCUT2D eigenvalue weighted by Gasteiger charge is 2.25. The number of sulfonamides is 1. The zero-order valence-corrected chi connectivity index (χ0v) is 24.5. The Morgan fingerprint density at radius 3 is 2.20 bits per heavy atom. The van der Waals surface area contributed by atoms with E-state index >= 15 is 0 Å². The summed E-state index contributed by atoms with van der Waals surface area (Å²) in [6.07, 6.45) is 0.663. The number of aliphatic hydroxyl groups excluding tert-OH is 1. The highest BCUT2D eigenvalue weighted by molar-refractivity contribution is 7.93. The maximum absolute atomic E-state index is 13.9. The van der Waals surface area contributed by atoms with Crippen LogP contribution in [0.25, 0.3) is 0 Å². The quantitative estimate of drug-likeness (QED) is 0.201. The van der Waals surface area contributed by atoms with Crippen LogP contribution in [-0.4, -0.2) is 43.4 Å². The van der Waals surface area contributed by atoms with E-state index in [4.69, 9.17) is 0 Å². The molecule has 3 aromatic carbocycles. The summed E-state index contributed by atoms with van der Waals surface area (Å²) in [4.78, 5) is 13.2. The highest BCUT2D eigenvalue weighted by Crippen LogP contribution is 2.18. The van der Waals surface area contributed by atoms with Gasteiger partial charge in [0.15, 0.2) is 0 Å². The Balaban J connectivity index is 1.76. The van der Waals surface area contributed by atoms with Crippen molar-refractivity contribution < 1.29 is 27.1 Å². The van der Waals surface area contributed by atoms with Crippen molar-refractivity contribution in [3.05, 3.63) is 101 Å². The molecular formula is C31H39F2N3O4S. The molecule has 0 heterocycles. The van der Waals surface area contributed by atoms with Crippen LogP contribution in [-0.2, 0) is 29.4 Å². The number of benzene rings is 3. The minimum Gasteiger partial charge on any atom is -0.390 e. The average Bonchev–Trinajstić information content (AvgIpc) is 2.92. The number of aliphatic hydroxyl groups is 1. The van der Waals surface area contributed by atoms with Crippen molar-refractivity contribution in [2.45, 2.75) is 70.4 Å². The molecule has 10 heteroatoms. The SMILES string of the molecule is CCc1cccc(CNCC(O)C(Cc2cc(F)cc(F)c2)NC(=O)c2cccc(NS(=O)(=O)C(CC)CC)c2)c1. The maximum atomic E-state index is 13.9. The molecule has 0 spiro atoms. The van der Waals surface area contributed by atoms with E-state index in [1.807, 2.05) is 18.2 Å². The number of aryl methyl sites for hydroxylation is 1. The Labute approximate surface area is 241 Å². The number of carbonyl (C=O) groups is 1. The molecule has 0 fully saturated rings. The summed E-state index contributed by atoms with van der Waals surface area (Å²) in [7, 11) is -3.64. The minimum atomic E-state index is -3.64. The van der Waals surface area contributed by atoms with Gasteiger partial charge in [-0.15, -0.1) is 0 Å². The number of carbonyl (C=O) groups excluding carboxylic acids is 1. The van der Waals surface area contributed by atoms with Crippen molar-refractivity contribution in [2.24, 2.45) is 0 Å². The smallest absolute Gasteiger partial charge is 0.251 e. The molecule has 3 aromatic rings. The van der Waals surface area contributed by atoms with Gasteiger partial charge in [0.05, 0.1) is 17.4 Å². The van der Waals surface area contributed by atoms with Gasteiger partial charge in [0, 0.05) is 30.4 Å². The van der Waals surface area contributed by atoms with Crippen molar-refractivity contribution >= 4 is 21.6 Å². The second-order valence-electron chi connectivity index (χ2n) is 10.1. The molecule has 3 rings (SSSR count). The Kier molecular flexibility index (Phi) is 11.8. The summed E-state index contributed by atoms with van der Waals surface area (Å²) in [6, 6.07) is 16.3. The van der Waals surface area contributed by atoms with Gasteiger partial charge in [-0.25, -0.2) is 17.2 Å². The van der Waals surface area contributed by atoms with Gasteiger partial charge in [0.1, 0.15) is 11.6 Å². The van der Waals surface area contributed by atoms with Gasteiger partial charge in [-0.2, -0.15) is 0 Å². The highest BCUT2D eigenvalue weighted by atomic mass is 32.2. The lowest BCUT2D eigenvalue weighted by atomic mass is 10.00. The molecule has 0 bridgehead atoms. The zero-order chi connectivity index (χ0) is 30.0. The van der Waals surface area contributed by atoms with Crippen LogP contribution in [0.5, 0.6) is 0 Å². The topological polar surface area (TPSA) is 108 Å². The predicted octanol–water partition coefficient (Wildman–Crippen LogP) is 4.95. The van der Waals surface area contributed by atoms with Crippen LogP contribution in [0.3, 0.4) is 0 Å². The van der Waals surface area contributed by atoms with Gasteiger partial charge in [-0.05, 0) is 72.7 Å². The van der Waals surface area contributed by atoms with Gasteiger partial charge in [-0.1, -0.05) is 51.1 Å². The summed E-state index contributed by atoms with van der Waals surface area (Å²) < 4.78 is 55.7. The van der Waals surface area contributed by atoms with Gasteiger partial charge in [0.2, 0.25) is 10.0 Å². The van der Waals surface area contributed by atoms with Crippen LogP contribution in [0, 0.1) is 11.6 Å². The van der Waals surface area contributed by atoms with E-state index in [0.29, 0.717) is 19.4 Å². The molecule has 2 unspecified atom stereocenters. The Morgan fingerprint density at radius 2 is 1.54 bits per heavy atom. The van der Waals surface area contributed by atoms with E-state index in [-0.39, 0.29) is 29.8 Å². The van der Waals surface area contributed by atoms with E-state index in [2.05, 4.69) is 28.3 Å². The third kappa shape index (κ3) is 9.62. The number of nitrogens with one attached hydrogen (secondary N) is 3. The molecule has 1 amide bonds. The largest absolute Gasteiger partial charge is 0.390 e. The average molecular weight is 588 g/mol. The van der Waals surface area contributed by atoms with E-state index in [1.54, 1.807) is 26.0 Å². The minimum absolute atomic E-state index is 0.0322. The molecule has 0 aliphatic heterocycles. The Morgan fingerprint density at radius 1 is 0.878 bits per heavy atom. The predicted molar refractivity (Wildman–Crippen MR) is 158 cm³/mol. The summed E-state index contributed by atoms with van der Waals surface area (Å²) >= 11 is 0. The lowest BCUT2D eigenvalue weighted by Gasteiger charge is -2.25. The lowest BCUT2D eigenvalue weighted by molar-refractivity contribution is 0.0830. The van der Waals surface area contributed by atoms with Crippen molar-refractivity contribution in [2.75, 3.05) is 11.3 Å². The molecular weight excluding hydrogens is 548 g/mol. The Bertz CT molecular complexity index is 1390. The number of hydrogen-bond acceptors (Lipinski definition) is 5. The third-order valence-corrected chi connectivity index (χ3v) is 9.04. The first-order valence-electron chi connectivity index (χ1n) is 13.9. The first-order valence-corrected chi connectivity index (χ1v) is 15.4. The first kappa shape index (κ1) is 32.2. The van der Waals surface area contributed by atoms with E-state index in [9.17, 15) is 27.1 Å². The molecule has 0 aliphatic carbocycles. The van der Waals surface area contributed by atoms with Crippen molar-refractivity contribution in [3.8, 4) is 0 Å². The molecule has 2 atom stereocenters. The lowest BCUT2D eigenvalue weighted by Crippen LogP contribution is -2.48. The van der Waals surface area contributed by atoms with Crippen LogP contribution < -0.4 is 15.4 Å². The molecule has 4 N–H and O–H groups in total.